The van der Waals surface area contributed by atoms with Gasteiger partial charge in [0.1, 0.15) is 5.69 Å². The molecule has 0 spiro atoms. The Morgan fingerprint density at radius 3 is 2.64 bits per heavy atom. The first-order chi connectivity index (χ1) is 10.6. The minimum absolute atomic E-state index is 0.0774. The molecule has 5 nitrogen and oxygen atoms in total. The molecule has 0 bridgehead atoms. The predicted octanol–water partition coefficient (Wildman–Crippen LogP) is 4.94. The number of amides is 1. The summed E-state index contributed by atoms with van der Waals surface area (Å²) in [4.78, 5) is 14.9. The van der Waals surface area contributed by atoms with Gasteiger partial charge in [0, 0.05) is 34.6 Å². The molecule has 0 atom stereocenters. The molecular formula is C15H21IN4OS. The predicted molar refractivity (Wildman–Crippen MR) is 98.7 cm³/mol. The van der Waals surface area contributed by atoms with Gasteiger partial charge in [-0.05, 0) is 79.2 Å². The number of rotatable bonds is 5. The van der Waals surface area contributed by atoms with E-state index in [0.717, 1.165) is 40.3 Å². The highest BCUT2D eigenvalue weighted by molar-refractivity contribution is 14.1. The van der Waals surface area contributed by atoms with E-state index in [1.165, 1.54) is 24.6 Å². The topological polar surface area (TPSA) is 48.3 Å². The molecule has 0 radical (unpaired) electrons. The smallest absolute Gasteiger partial charge is 0.286 e. The quantitative estimate of drug-likeness (QED) is 0.376. The molecule has 0 aliphatic carbocycles. The second kappa shape index (κ2) is 8.71. The molecule has 1 heterocycles. The zero-order valence-corrected chi connectivity index (χ0v) is 15.9. The summed E-state index contributed by atoms with van der Waals surface area (Å²) in [7, 11) is 0. The van der Waals surface area contributed by atoms with E-state index in [0.29, 0.717) is 0 Å². The zero-order valence-electron chi connectivity index (χ0n) is 13.0. The van der Waals surface area contributed by atoms with Crippen molar-refractivity contribution in [2.24, 2.45) is 10.3 Å². The molecule has 1 amide bonds. The minimum Gasteiger partial charge on any atom is -0.334 e. The van der Waals surface area contributed by atoms with Crippen LogP contribution in [0, 0.1) is 3.57 Å². The fourth-order valence-corrected chi connectivity index (χ4v) is 3.52. The Balaban J connectivity index is 2.07. The van der Waals surface area contributed by atoms with Crippen LogP contribution in [0.1, 0.15) is 26.7 Å². The monoisotopic (exact) mass is 432 g/mol. The van der Waals surface area contributed by atoms with E-state index in [4.69, 9.17) is 0 Å². The van der Waals surface area contributed by atoms with Crippen molar-refractivity contribution in [3.8, 4) is 0 Å². The third kappa shape index (κ3) is 4.84. The molecule has 0 unspecified atom stereocenters. The number of benzene rings is 1. The highest BCUT2D eigenvalue weighted by Gasteiger charge is 2.13. The van der Waals surface area contributed by atoms with Crippen molar-refractivity contribution in [2.45, 2.75) is 31.6 Å². The molecule has 1 aliphatic rings. The number of thioether (sulfide) groups is 1. The van der Waals surface area contributed by atoms with E-state index in [-0.39, 0.29) is 5.24 Å². The van der Waals surface area contributed by atoms with Crippen molar-refractivity contribution in [1.82, 2.24) is 9.91 Å². The van der Waals surface area contributed by atoms with Crippen LogP contribution in [0.2, 0.25) is 0 Å². The van der Waals surface area contributed by atoms with E-state index in [1.54, 1.807) is 0 Å². The van der Waals surface area contributed by atoms with Crippen molar-refractivity contribution < 1.29 is 4.79 Å². The van der Waals surface area contributed by atoms with Gasteiger partial charge in [0.2, 0.25) is 0 Å². The van der Waals surface area contributed by atoms with E-state index in [9.17, 15) is 4.79 Å². The second-order valence-electron chi connectivity index (χ2n) is 5.00. The Bertz CT molecular complexity index is 542. The molecule has 0 saturated carbocycles. The van der Waals surface area contributed by atoms with Crippen molar-refractivity contribution in [2.75, 3.05) is 26.2 Å². The van der Waals surface area contributed by atoms with Crippen LogP contribution in [0.15, 0.2) is 33.4 Å². The Hall–Kier alpha value is -0.830. The van der Waals surface area contributed by atoms with Gasteiger partial charge in [-0.15, -0.1) is 5.11 Å². The van der Waals surface area contributed by atoms with Crippen LogP contribution in [0.5, 0.6) is 0 Å². The van der Waals surface area contributed by atoms with Gasteiger partial charge in [-0.2, -0.15) is 0 Å². The molecule has 1 fully saturated rings. The number of halogens is 1. The van der Waals surface area contributed by atoms with Gasteiger partial charge in [-0.25, -0.2) is 0 Å². The highest BCUT2D eigenvalue weighted by atomic mass is 127. The Labute approximate surface area is 149 Å². The molecule has 0 N–H and O–H groups in total. The fraction of sp³-hybridized carbons (Fsp3) is 0.533. The highest BCUT2D eigenvalue weighted by Crippen LogP contribution is 2.30. The normalized spacial score (nSPS) is 14.8. The van der Waals surface area contributed by atoms with Gasteiger partial charge in [0.05, 0.1) is 0 Å². The lowest BCUT2D eigenvalue weighted by molar-refractivity contribution is 0.228. The molecular weight excluding hydrogens is 411 g/mol. The average molecular weight is 432 g/mol. The Morgan fingerprint density at radius 2 is 2.00 bits per heavy atom. The van der Waals surface area contributed by atoms with Gasteiger partial charge < -0.3 is 4.90 Å². The summed E-state index contributed by atoms with van der Waals surface area (Å²) < 4.78 is 1.04. The zero-order chi connectivity index (χ0) is 15.9. The van der Waals surface area contributed by atoms with Gasteiger partial charge >= 0.3 is 0 Å². The summed E-state index contributed by atoms with van der Waals surface area (Å²) >= 11 is 3.50. The number of nitrogens with zero attached hydrogens (tertiary/aromatic N) is 4. The van der Waals surface area contributed by atoms with Gasteiger partial charge in [0.15, 0.2) is 0 Å². The van der Waals surface area contributed by atoms with Crippen LogP contribution in [0.4, 0.5) is 10.5 Å². The van der Waals surface area contributed by atoms with Crippen LogP contribution in [-0.4, -0.2) is 41.3 Å². The number of carbonyl (C=O) groups excluding carboxylic acids is 1. The molecule has 2 rings (SSSR count). The maximum atomic E-state index is 12.2. The molecule has 1 aromatic rings. The van der Waals surface area contributed by atoms with Crippen molar-refractivity contribution in [3.63, 3.8) is 0 Å². The van der Waals surface area contributed by atoms with Crippen LogP contribution in [0.25, 0.3) is 0 Å². The van der Waals surface area contributed by atoms with Crippen molar-refractivity contribution >= 4 is 45.3 Å². The van der Waals surface area contributed by atoms with E-state index >= 15 is 0 Å². The second-order valence-corrected chi connectivity index (χ2v) is 7.19. The lowest BCUT2D eigenvalue weighted by atomic mass is 10.3. The van der Waals surface area contributed by atoms with E-state index in [2.05, 4.69) is 32.9 Å². The van der Waals surface area contributed by atoms with Crippen LogP contribution in [0.3, 0.4) is 0 Å². The van der Waals surface area contributed by atoms with Gasteiger partial charge in [0.25, 0.3) is 5.24 Å². The summed E-state index contributed by atoms with van der Waals surface area (Å²) in [6.45, 7) is 7.41. The maximum Gasteiger partial charge on any atom is 0.286 e. The Morgan fingerprint density at radius 1 is 1.32 bits per heavy atom. The van der Waals surface area contributed by atoms with E-state index < -0.39 is 0 Å². The molecule has 1 saturated heterocycles. The third-order valence-corrected chi connectivity index (χ3v) is 5.34. The lowest BCUT2D eigenvalue weighted by Crippen LogP contribution is -2.26. The van der Waals surface area contributed by atoms with Crippen molar-refractivity contribution in [1.29, 1.82) is 0 Å². The fourth-order valence-electron chi connectivity index (χ4n) is 2.18. The number of hydrogen-bond donors (Lipinski definition) is 0. The number of carbonyl (C=O) groups is 1. The first-order valence-corrected chi connectivity index (χ1v) is 9.46. The lowest BCUT2D eigenvalue weighted by Gasteiger charge is -2.17. The van der Waals surface area contributed by atoms with Gasteiger partial charge in [-0.3, -0.25) is 9.80 Å². The number of hydrogen-bond acceptors (Lipinski definition) is 4. The first-order valence-electron chi connectivity index (χ1n) is 7.57. The summed E-state index contributed by atoms with van der Waals surface area (Å²) in [5.74, 6) is 0. The molecule has 120 valence electrons. The summed E-state index contributed by atoms with van der Waals surface area (Å²) in [6, 6.07) is 5.88. The summed E-state index contributed by atoms with van der Waals surface area (Å²) in [6.07, 6.45) is 2.37. The molecule has 1 aromatic carbocycles. The van der Waals surface area contributed by atoms with Crippen LogP contribution < -0.4 is 0 Å². The van der Waals surface area contributed by atoms with Crippen LogP contribution >= 0.6 is 34.4 Å². The Kier molecular flexibility index (Phi) is 6.94. The standard InChI is InChI=1S/C15H21IN4OS/c1-3-19(4-2)15(21)22-12-7-8-13(16)14(11-12)17-18-20-9-5-6-10-20/h7-8,11H,3-6,9-10H2,1-2H3. The van der Waals surface area contributed by atoms with Crippen molar-refractivity contribution in [3.05, 3.63) is 21.8 Å². The van der Waals surface area contributed by atoms with Crippen LogP contribution in [-0.2, 0) is 0 Å². The first kappa shape index (κ1) is 17.5. The van der Waals surface area contributed by atoms with Gasteiger partial charge in [-0.1, -0.05) is 5.22 Å². The largest absolute Gasteiger partial charge is 0.334 e. The summed E-state index contributed by atoms with van der Waals surface area (Å²) in [5.41, 5.74) is 0.824. The third-order valence-electron chi connectivity index (χ3n) is 3.51. The molecule has 0 aromatic heterocycles. The molecule has 1 aliphatic heterocycles. The molecule has 7 heteroatoms. The molecule has 22 heavy (non-hydrogen) atoms. The summed E-state index contributed by atoms with van der Waals surface area (Å²) in [5, 5.41) is 10.7. The minimum atomic E-state index is 0.0774. The average Bonchev–Trinajstić information content (AvgIpc) is 3.02. The maximum absolute atomic E-state index is 12.2. The SMILES string of the molecule is CCN(CC)C(=O)Sc1ccc(I)c(N=NN2CCCC2)c1. The van der Waals surface area contributed by atoms with E-state index in [1.807, 2.05) is 42.0 Å².